The van der Waals surface area contributed by atoms with Gasteiger partial charge in [0.25, 0.3) is 0 Å². The first-order valence-electron chi connectivity index (χ1n) is 5.50. The molecule has 0 aliphatic carbocycles. The first-order valence-corrected chi connectivity index (χ1v) is 5.87. The maximum Gasteiger partial charge on any atom is 0.147 e. The highest BCUT2D eigenvalue weighted by atomic mass is 35.5. The van der Waals surface area contributed by atoms with Crippen LogP contribution in [0.5, 0.6) is 0 Å². The first kappa shape index (κ1) is 12.1. The van der Waals surface area contributed by atoms with Crippen LogP contribution in [0, 0.1) is 0 Å². The SMILES string of the molecule is CCCNC(c1ncn[nH]1)c1c(Cl)cnn1C. The summed E-state index contributed by atoms with van der Waals surface area (Å²) >= 11 is 6.15. The summed E-state index contributed by atoms with van der Waals surface area (Å²) in [6.07, 6.45) is 4.15. The number of aryl methyl sites for hydroxylation is 1. The summed E-state index contributed by atoms with van der Waals surface area (Å²) < 4.78 is 1.75. The molecule has 0 saturated heterocycles. The number of aromatic amines is 1. The van der Waals surface area contributed by atoms with Crippen molar-refractivity contribution in [1.82, 2.24) is 30.3 Å². The Kier molecular flexibility index (Phi) is 3.75. The molecule has 0 amide bonds. The van der Waals surface area contributed by atoms with Crippen LogP contribution in [0.2, 0.25) is 5.02 Å². The molecule has 2 aromatic rings. The van der Waals surface area contributed by atoms with E-state index in [1.165, 1.54) is 6.33 Å². The van der Waals surface area contributed by atoms with Gasteiger partial charge in [-0.2, -0.15) is 10.2 Å². The normalized spacial score (nSPS) is 12.9. The molecule has 2 rings (SSSR count). The van der Waals surface area contributed by atoms with Crippen LogP contribution in [0.25, 0.3) is 0 Å². The van der Waals surface area contributed by atoms with Gasteiger partial charge in [0, 0.05) is 7.05 Å². The maximum atomic E-state index is 6.15. The Labute approximate surface area is 104 Å². The Bertz CT molecular complexity index is 444. The minimum absolute atomic E-state index is 0.113. The Balaban J connectivity index is 2.33. The molecule has 2 heterocycles. The molecule has 0 aliphatic rings. The van der Waals surface area contributed by atoms with Gasteiger partial charge in [-0.1, -0.05) is 18.5 Å². The molecule has 0 aromatic carbocycles. The molecule has 0 fully saturated rings. The number of nitrogens with zero attached hydrogens (tertiary/aromatic N) is 4. The molecule has 0 saturated carbocycles. The predicted molar refractivity (Wildman–Crippen MR) is 64.7 cm³/mol. The van der Waals surface area contributed by atoms with Crippen molar-refractivity contribution < 1.29 is 0 Å². The summed E-state index contributed by atoms with van der Waals surface area (Å²) in [7, 11) is 1.86. The molecule has 0 spiro atoms. The minimum Gasteiger partial charge on any atom is -0.302 e. The Morgan fingerprint density at radius 2 is 2.41 bits per heavy atom. The second kappa shape index (κ2) is 5.29. The fourth-order valence-corrected chi connectivity index (χ4v) is 1.99. The highest BCUT2D eigenvalue weighted by Crippen LogP contribution is 2.25. The molecule has 2 N–H and O–H groups in total. The summed E-state index contributed by atoms with van der Waals surface area (Å²) in [5.41, 5.74) is 0.886. The number of rotatable bonds is 5. The first-order chi connectivity index (χ1) is 8.24. The van der Waals surface area contributed by atoms with E-state index in [1.807, 2.05) is 7.05 Å². The van der Waals surface area contributed by atoms with Crippen LogP contribution in [-0.4, -0.2) is 31.5 Å². The van der Waals surface area contributed by atoms with Crippen LogP contribution in [0.3, 0.4) is 0 Å². The quantitative estimate of drug-likeness (QED) is 0.843. The fourth-order valence-electron chi connectivity index (χ4n) is 1.71. The lowest BCUT2D eigenvalue weighted by molar-refractivity contribution is 0.533. The van der Waals surface area contributed by atoms with Crippen LogP contribution < -0.4 is 5.32 Å². The van der Waals surface area contributed by atoms with Crippen molar-refractivity contribution in [1.29, 1.82) is 0 Å². The van der Waals surface area contributed by atoms with Crippen LogP contribution in [-0.2, 0) is 7.05 Å². The molecule has 0 bridgehead atoms. The molecule has 6 nitrogen and oxygen atoms in total. The topological polar surface area (TPSA) is 71.4 Å². The second-order valence-electron chi connectivity index (χ2n) is 3.76. The van der Waals surface area contributed by atoms with Gasteiger partial charge in [-0.25, -0.2) is 4.98 Å². The van der Waals surface area contributed by atoms with Gasteiger partial charge in [-0.05, 0) is 13.0 Å². The summed E-state index contributed by atoms with van der Waals surface area (Å²) in [4.78, 5) is 4.18. The maximum absolute atomic E-state index is 6.15. The van der Waals surface area contributed by atoms with Crippen molar-refractivity contribution in [2.45, 2.75) is 19.4 Å². The summed E-state index contributed by atoms with van der Waals surface area (Å²) in [5.74, 6) is 0.740. The van der Waals surface area contributed by atoms with Crippen LogP contribution in [0.15, 0.2) is 12.5 Å². The Morgan fingerprint density at radius 3 is 2.94 bits per heavy atom. The van der Waals surface area contributed by atoms with E-state index in [1.54, 1.807) is 10.9 Å². The van der Waals surface area contributed by atoms with E-state index in [0.29, 0.717) is 5.02 Å². The zero-order chi connectivity index (χ0) is 12.3. The smallest absolute Gasteiger partial charge is 0.147 e. The number of aromatic nitrogens is 5. The molecule has 1 atom stereocenters. The zero-order valence-electron chi connectivity index (χ0n) is 9.81. The Morgan fingerprint density at radius 1 is 1.59 bits per heavy atom. The highest BCUT2D eigenvalue weighted by molar-refractivity contribution is 6.31. The van der Waals surface area contributed by atoms with E-state index < -0.39 is 0 Å². The van der Waals surface area contributed by atoms with E-state index in [2.05, 4.69) is 32.5 Å². The van der Waals surface area contributed by atoms with Crippen molar-refractivity contribution in [3.8, 4) is 0 Å². The third-order valence-electron chi connectivity index (χ3n) is 2.52. The monoisotopic (exact) mass is 254 g/mol. The zero-order valence-corrected chi connectivity index (χ0v) is 10.6. The van der Waals surface area contributed by atoms with Gasteiger partial charge < -0.3 is 5.32 Å². The van der Waals surface area contributed by atoms with E-state index in [0.717, 1.165) is 24.5 Å². The van der Waals surface area contributed by atoms with Gasteiger partial charge in [0.05, 0.1) is 16.9 Å². The lowest BCUT2D eigenvalue weighted by Gasteiger charge is -2.16. The van der Waals surface area contributed by atoms with Crippen molar-refractivity contribution in [3.05, 3.63) is 29.1 Å². The number of hydrogen-bond acceptors (Lipinski definition) is 4. The molecule has 7 heteroatoms. The van der Waals surface area contributed by atoms with E-state index in [9.17, 15) is 0 Å². The van der Waals surface area contributed by atoms with Gasteiger partial charge in [0.2, 0.25) is 0 Å². The third kappa shape index (κ3) is 2.48. The lowest BCUT2D eigenvalue weighted by Crippen LogP contribution is -2.26. The van der Waals surface area contributed by atoms with E-state index in [4.69, 9.17) is 11.6 Å². The van der Waals surface area contributed by atoms with Crippen LogP contribution >= 0.6 is 11.6 Å². The third-order valence-corrected chi connectivity index (χ3v) is 2.81. The van der Waals surface area contributed by atoms with Gasteiger partial charge in [0.1, 0.15) is 18.2 Å². The summed E-state index contributed by atoms with van der Waals surface area (Å²) in [5, 5.41) is 14.9. The van der Waals surface area contributed by atoms with Crippen LogP contribution in [0.4, 0.5) is 0 Å². The second-order valence-corrected chi connectivity index (χ2v) is 4.17. The summed E-state index contributed by atoms with van der Waals surface area (Å²) in [6, 6.07) is -0.113. The standard InChI is InChI=1S/C10H15ClN6/c1-3-4-12-8(10-13-6-14-16-10)9-7(11)5-15-17(9)2/h5-6,8,12H,3-4H2,1-2H3,(H,13,14,16). The van der Waals surface area contributed by atoms with Gasteiger partial charge in [0.15, 0.2) is 0 Å². The fraction of sp³-hybridized carbons (Fsp3) is 0.500. The molecule has 0 radical (unpaired) electrons. The van der Waals surface area contributed by atoms with Crippen molar-refractivity contribution >= 4 is 11.6 Å². The van der Waals surface area contributed by atoms with Crippen molar-refractivity contribution in [2.24, 2.45) is 7.05 Å². The minimum atomic E-state index is -0.113. The largest absolute Gasteiger partial charge is 0.302 e. The molecule has 92 valence electrons. The molecule has 17 heavy (non-hydrogen) atoms. The van der Waals surface area contributed by atoms with Gasteiger partial charge in [-0.3, -0.25) is 9.78 Å². The van der Waals surface area contributed by atoms with Gasteiger partial charge in [-0.15, -0.1) is 0 Å². The predicted octanol–water partition coefficient (Wildman–Crippen LogP) is 1.28. The number of nitrogens with one attached hydrogen (secondary N) is 2. The molecule has 2 aromatic heterocycles. The average Bonchev–Trinajstić information content (AvgIpc) is 2.93. The molecular weight excluding hydrogens is 240 g/mol. The molecule has 1 unspecified atom stereocenters. The lowest BCUT2D eigenvalue weighted by atomic mass is 10.2. The Hall–Kier alpha value is -1.40. The summed E-state index contributed by atoms with van der Waals surface area (Å²) in [6.45, 7) is 2.97. The highest BCUT2D eigenvalue weighted by Gasteiger charge is 2.22. The number of hydrogen-bond donors (Lipinski definition) is 2. The van der Waals surface area contributed by atoms with Gasteiger partial charge >= 0.3 is 0 Å². The van der Waals surface area contributed by atoms with E-state index >= 15 is 0 Å². The number of halogens is 1. The van der Waals surface area contributed by atoms with Crippen LogP contribution in [0.1, 0.15) is 30.9 Å². The van der Waals surface area contributed by atoms with Crippen molar-refractivity contribution in [3.63, 3.8) is 0 Å². The average molecular weight is 255 g/mol. The number of H-pyrrole nitrogens is 1. The van der Waals surface area contributed by atoms with E-state index in [-0.39, 0.29) is 6.04 Å². The molecule has 0 aliphatic heterocycles. The van der Waals surface area contributed by atoms with Crippen molar-refractivity contribution in [2.75, 3.05) is 6.54 Å². The molecular formula is C10H15ClN6.